The highest BCUT2D eigenvalue weighted by atomic mass is 32.2. The summed E-state index contributed by atoms with van der Waals surface area (Å²) in [6, 6.07) is 0. The minimum absolute atomic E-state index is 0.420. The third kappa shape index (κ3) is 3.79. The smallest absolute Gasteiger partial charge is 0.195 e. The van der Waals surface area contributed by atoms with E-state index in [2.05, 4.69) is 13.5 Å². The lowest BCUT2D eigenvalue weighted by molar-refractivity contribution is 0.261. The first kappa shape index (κ1) is 14.7. The predicted molar refractivity (Wildman–Crippen MR) is 71.0 cm³/mol. The highest BCUT2D eigenvalue weighted by molar-refractivity contribution is 7.86. The number of piperidine rings is 1. The van der Waals surface area contributed by atoms with Crippen molar-refractivity contribution in [2.75, 3.05) is 26.2 Å². The molecule has 0 amide bonds. The second kappa shape index (κ2) is 5.98. The molecule has 1 atom stereocenters. The van der Waals surface area contributed by atoms with Gasteiger partial charge in [-0.15, -0.1) is 0 Å². The monoisotopic (exact) mass is 260 g/mol. The molecule has 0 N–H and O–H groups in total. The van der Waals surface area contributed by atoms with E-state index >= 15 is 0 Å². The molecule has 0 bridgehead atoms. The second-order valence-electron chi connectivity index (χ2n) is 5.00. The van der Waals surface area contributed by atoms with E-state index in [1.54, 1.807) is 4.31 Å². The minimum Gasteiger partial charge on any atom is -0.195 e. The van der Waals surface area contributed by atoms with Crippen LogP contribution >= 0.6 is 0 Å². The van der Waals surface area contributed by atoms with Crippen molar-refractivity contribution >= 4 is 10.2 Å². The van der Waals surface area contributed by atoms with E-state index in [4.69, 9.17) is 0 Å². The molecule has 0 aromatic carbocycles. The van der Waals surface area contributed by atoms with Crippen LogP contribution in [0.1, 0.15) is 33.6 Å². The molecular formula is C12H24N2O2S. The Morgan fingerprint density at radius 2 is 2.18 bits per heavy atom. The molecule has 100 valence electrons. The van der Waals surface area contributed by atoms with Crippen LogP contribution in [0, 0.1) is 5.92 Å². The summed E-state index contributed by atoms with van der Waals surface area (Å²) in [5.41, 5.74) is 0.875. The quantitative estimate of drug-likeness (QED) is 0.708. The standard InChI is InChI=1S/C12H24N2O2S/c1-5-13(9-11(2)3)17(15,16)14-8-6-7-12(4)10-14/h12H,2,5-10H2,1,3-4H3. The molecule has 0 saturated carbocycles. The Bertz CT molecular complexity index is 365. The minimum atomic E-state index is -3.30. The highest BCUT2D eigenvalue weighted by Gasteiger charge is 2.31. The van der Waals surface area contributed by atoms with Gasteiger partial charge in [0.2, 0.25) is 0 Å². The lowest BCUT2D eigenvalue weighted by Crippen LogP contribution is -2.48. The summed E-state index contributed by atoms with van der Waals surface area (Å²) >= 11 is 0. The Kier molecular flexibility index (Phi) is 5.16. The molecule has 1 aliphatic rings. The van der Waals surface area contributed by atoms with Gasteiger partial charge in [0.1, 0.15) is 0 Å². The van der Waals surface area contributed by atoms with Gasteiger partial charge in [0.25, 0.3) is 10.2 Å². The van der Waals surface area contributed by atoms with Crippen molar-refractivity contribution in [1.29, 1.82) is 0 Å². The van der Waals surface area contributed by atoms with Gasteiger partial charge < -0.3 is 0 Å². The van der Waals surface area contributed by atoms with E-state index < -0.39 is 10.2 Å². The average Bonchev–Trinajstić information content (AvgIpc) is 2.25. The number of hydrogen-bond acceptors (Lipinski definition) is 2. The molecule has 17 heavy (non-hydrogen) atoms. The largest absolute Gasteiger partial charge is 0.282 e. The zero-order valence-corrected chi connectivity index (χ0v) is 12.0. The van der Waals surface area contributed by atoms with Crippen molar-refractivity contribution in [2.24, 2.45) is 5.92 Å². The van der Waals surface area contributed by atoms with E-state index in [1.165, 1.54) is 4.31 Å². The Labute approximate surface area is 105 Å². The predicted octanol–water partition coefficient (Wildman–Crippen LogP) is 1.86. The van der Waals surface area contributed by atoms with Crippen LogP contribution in [0.2, 0.25) is 0 Å². The number of nitrogens with zero attached hydrogens (tertiary/aromatic N) is 2. The van der Waals surface area contributed by atoms with Crippen molar-refractivity contribution in [2.45, 2.75) is 33.6 Å². The van der Waals surface area contributed by atoms with E-state index in [9.17, 15) is 8.42 Å². The summed E-state index contributed by atoms with van der Waals surface area (Å²) in [6.07, 6.45) is 2.09. The molecule has 1 saturated heterocycles. The van der Waals surface area contributed by atoms with Crippen molar-refractivity contribution < 1.29 is 8.42 Å². The summed E-state index contributed by atoms with van der Waals surface area (Å²) in [4.78, 5) is 0. The summed E-state index contributed by atoms with van der Waals surface area (Å²) in [5, 5.41) is 0. The van der Waals surface area contributed by atoms with Gasteiger partial charge in [-0.05, 0) is 25.7 Å². The topological polar surface area (TPSA) is 40.6 Å². The summed E-state index contributed by atoms with van der Waals surface area (Å²) in [7, 11) is -3.30. The van der Waals surface area contributed by atoms with Crippen LogP contribution in [0.3, 0.4) is 0 Å². The first-order valence-corrected chi connectivity index (χ1v) is 7.67. The molecule has 1 heterocycles. The molecule has 1 rings (SSSR count). The molecule has 1 fully saturated rings. The fourth-order valence-electron chi connectivity index (χ4n) is 2.18. The molecule has 4 nitrogen and oxygen atoms in total. The molecule has 0 aliphatic carbocycles. The third-order valence-corrected chi connectivity index (χ3v) is 5.10. The molecule has 0 spiro atoms. The van der Waals surface area contributed by atoms with Crippen molar-refractivity contribution in [3.8, 4) is 0 Å². The van der Waals surface area contributed by atoms with Crippen LogP contribution in [-0.4, -0.2) is 43.2 Å². The number of likely N-dealkylation sites (N-methyl/N-ethyl adjacent to an activating group) is 1. The van der Waals surface area contributed by atoms with Gasteiger partial charge in [-0.25, -0.2) is 0 Å². The van der Waals surface area contributed by atoms with Gasteiger partial charge in [-0.3, -0.25) is 0 Å². The van der Waals surface area contributed by atoms with Crippen LogP contribution in [-0.2, 0) is 10.2 Å². The maximum Gasteiger partial charge on any atom is 0.282 e. The van der Waals surface area contributed by atoms with Crippen molar-refractivity contribution in [3.05, 3.63) is 12.2 Å². The zero-order chi connectivity index (χ0) is 13.1. The molecule has 0 aromatic heterocycles. The number of rotatable bonds is 5. The van der Waals surface area contributed by atoms with E-state index in [0.29, 0.717) is 32.1 Å². The number of hydrogen-bond donors (Lipinski definition) is 0. The fraction of sp³-hybridized carbons (Fsp3) is 0.833. The van der Waals surface area contributed by atoms with Gasteiger partial charge >= 0.3 is 0 Å². The van der Waals surface area contributed by atoms with Crippen LogP contribution in [0.4, 0.5) is 0 Å². The Morgan fingerprint density at radius 3 is 2.65 bits per heavy atom. The van der Waals surface area contributed by atoms with Gasteiger partial charge in [0, 0.05) is 26.2 Å². The second-order valence-corrected chi connectivity index (χ2v) is 6.92. The molecule has 0 aromatic rings. The van der Waals surface area contributed by atoms with Crippen LogP contribution < -0.4 is 0 Å². The zero-order valence-electron chi connectivity index (χ0n) is 11.1. The van der Waals surface area contributed by atoms with Gasteiger partial charge in [-0.1, -0.05) is 26.0 Å². The molecule has 0 radical (unpaired) electrons. The van der Waals surface area contributed by atoms with Crippen LogP contribution in [0.5, 0.6) is 0 Å². The van der Waals surface area contributed by atoms with Crippen molar-refractivity contribution in [1.82, 2.24) is 8.61 Å². The first-order chi connectivity index (χ1) is 7.87. The maximum atomic E-state index is 12.4. The summed E-state index contributed by atoms with van der Waals surface area (Å²) in [6.45, 7) is 11.8. The van der Waals surface area contributed by atoms with E-state index in [-0.39, 0.29) is 0 Å². The van der Waals surface area contributed by atoms with Gasteiger partial charge in [0.05, 0.1) is 0 Å². The average molecular weight is 260 g/mol. The lowest BCUT2D eigenvalue weighted by atomic mass is 10.0. The van der Waals surface area contributed by atoms with Crippen molar-refractivity contribution in [3.63, 3.8) is 0 Å². The molecule has 1 unspecified atom stereocenters. The Hall–Kier alpha value is -0.390. The highest BCUT2D eigenvalue weighted by Crippen LogP contribution is 2.20. The maximum absolute atomic E-state index is 12.4. The van der Waals surface area contributed by atoms with Gasteiger partial charge in [-0.2, -0.15) is 17.0 Å². The molecule has 5 heteroatoms. The third-order valence-electron chi connectivity index (χ3n) is 3.07. The fourth-order valence-corrected chi connectivity index (χ4v) is 4.02. The Morgan fingerprint density at radius 1 is 1.53 bits per heavy atom. The van der Waals surface area contributed by atoms with Gasteiger partial charge in [0.15, 0.2) is 0 Å². The van der Waals surface area contributed by atoms with Crippen LogP contribution in [0.25, 0.3) is 0 Å². The molecular weight excluding hydrogens is 236 g/mol. The normalized spacial score (nSPS) is 22.9. The lowest BCUT2D eigenvalue weighted by Gasteiger charge is -2.34. The van der Waals surface area contributed by atoms with E-state index in [1.807, 2.05) is 13.8 Å². The summed E-state index contributed by atoms with van der Waals surface area (Å²) < 4.78 is 27.9. The van der Waals surface area contributed by atoms with E-state index in [0.717, 1.165) is 18.4 Å². The first-order valence-electron chi connectivity index (χ1n) is 6.27. The SMILES string of the molecule is C=C(C)CN(CC)S(=O)(=O)N1CCCC(C)C1. The molecule has 1 aliphatic heterocycles. The Balaban J connectivity index is 2.80. The summed E-state index contributed by atoms with van der Waals surface area (Å²) in [5.74, 6) is 0.460. The van der Waals surface area contributed by atoms with Crippen LogP contribution in [0.15, 0.2) is 12.2 Å².